The van der Waals surface area contributed by atoms with Gasteiger partial charge < -0.3 is 19.9 Å². The van der Waals surface area contributed by atoms with Crippen molar-refractivity contribution in [3.05, 3.63) is 29.8 Å². The van der Waals surface area contributed by atoms with Crippen LogP contribution in [-0.4, -0.2) is 54.7 Å². The second-order valence-electron chi connectivity index (χ2n) is 7.82. The lowest BCUT2D eigenvalue weighted by atomic mass is 10.0. The van der Waals surface area contributed by atoms with Crippen molar-refractivity contribution in [3.8, 4) is 0 Å². The maximum atomic E-state index is 12.1. The van der Waals surface area contributed by atoms with Crippen molar-refractivity contribution in [1.29, 1.82) is 0 Å². The van der Waals surface area contributed by atoms with Gasteiger partial charge in [0.05, 0.1) is 0 Å². The summed E-state index contributed by atoms with van der Waals surface area (Å²) in [5.74, 6) is 0. The molecule has 0 saturated carbocycles. The fraction of sp³-hybridized carbons (Fsp3) is 0.632. The molecule has 0 aliphatic carbocycles. The van der Waals surface area contributed by atoms with Gasteiger partial charge in [0.1, 0.15) is 5.60 Å². The number of benzene rings is 1. The van der Waals surface area contributed by atoms with Crippen molar-refractivity contribution >= 4 is 11.8 Å². The zero-order valence-corrected chi connectivity index (χ0v) is 15.6. The average molecular weight is 333 g/mol. The lowest BCUT2D eigenvalue weighted by Gasteiger charge is -2.34. The van der Waals surface area contributed by atoms with Gasteiger partial charge in [-0.05, 0) is 65.4 Å². The largest absolute Gasteiger partial charge is 0.444 e. The smallest absolute Gasteiger partial charge is 0.410 e. The third-order valence-corrected chi connectivity index (χ3v) is 3.97. The Kier molecular flexibility index (Phi) is 6.10. The summed E-state index contributed by atoms with van der Waals surface area (Å²) in [6.07, 6.45) is 1.69. The second-order valence-corrected chi connectivity index (χ2v) is 7.82. The fourth-order valence-corrected chi connectivity index (χ4v) is 2.84. The van der Waals surface area contributed by atoms with Crippen molar-refractivity contribution in [2.24, 2.45) is 0 Å². The van der Waals surface area contributed by atoms with Gasteiger partial charge in [-0.25, -0.2) is 4.79 Å². The van der Waals surface area contributed by atoms with Crippen LogP contribution in [0.1, 0.15) is 39.2 Å². The summed E-state index contributed by atoms with van der Waals surface area (Å²) in [7, 11) is 4.15. The van der Waals surface area contributed by atoms with E-state index in [1.54, 1.807) is 0 Å². The molecule has 1 aromatic carbocycles. The number of hydrogen-bond acceptors (Lipinski definition) is 4. The topological polar surface area (TPSA) is 44.8 Å². The van der Waals surface area contributed by atoms with Gasteiger partial charge in [-0.3, -0.25) is 0 Å². The summed E-state index contributed by atoms with van der Waals surface area (Å²) in [6.45, 7) is 8.14. The van der Waals surface area contributed by atoms with E-state index >= 15 is 0 Å². The Morgan fingerprint density at radius 1 is 1.21 bits per heavy atom. The summed E-state index contributed by atoms with van der Waals surface area (Å²) < 4.78 is 5.44. The first kappa shape index (κ1) is 18.6. The number of likely N-dealkylation sites (tertiary alicyclic amines) is 1. The van der Waals surface area contributed by atoms with Crippen molar-refractivity contribution < 1.29 is 9.53 Å². The number of hydrogen-bond donors (Lipinski definition) is 1. The Morgan fingerprint density at radius 3 is 2.29 bits per heavy atom. The normalized spacial score (nSPS) is 16.3. The van der Waals surface area contributed by atoms with Gasteiger partial charge in [0.2, 0.25) is 0 Å². The molecule has 1 aliphatic rings. The molecule has 5 heteroatoms. The number of nitrogens with one attached hydrogen (secondary N) is 1. The van der Waals surface area contributed by atoms with Crippen LogP contribution in [0.15, 0.2) is 24.3 Å². The molecule has 0 aromatic heterocycles. The highest BCUT2D eigenvalue weighted by atomic mass is 16.6. The van der Waals surface area contributed by atoms with Crippen LogP contribution in [0.25, 0.3) is 0 Å². The Balaban J connectivity index is 1.79. The standard InChI is InChI=1S/C19H31N3O2/c1-19(2,3)24-18(23)22-12-10-17(11-13-22)20-16-8-6-15(7-9-16)14-21(4)5/h6-9,17,20H,10-14H2,1-5H3. The molecule has 1 aliphatic heterocycles. The monoisotopic (exact) mass is 333 g/mol. The highest BCUT2D eigenvalue weighted by Gasteiger charge is 2.26. The van der Waals surface area contributed by atoms with E-state index in [2.05, 4.69) is 48.6 Å². The fourth-order valence-electron chi connectivity index (χ4n) is 2.84. The van der Waals surface area contributed by atoms with Gasteiger partial charge in [-0.1, -0.05) is 12.1 Å². The molecular weight excluding hydrogens is 302 g/mol. The first-order valence-electron chi connectivity index (χ1n) is 8.71. The molecule has 1 fully saturated rings. The molecule has 134 valence electrons. The van der Waals surface area contributed by atoms with E-state index in [0.717, 1.165) is 38.2 Å². The van der Waals surface area contributed by atoms with E-state index in [4.69, 9.17) is 4.74 Å². The molecule has 1 N–H and O–H groups in total. The molecule has 0 bridgehead atoms. The van der Waals surface area contributed by atoms with E-state index in [-0.39, 0.29) is 6.09 Å². The van der Waals surface area contributed by atoms with E-state index in [1.165, 1.54) is 5.56 Å². The highest BCUT2D eigenvalue weighted by molar-refractivity contribution is 5.68. The zero-order valence-electron chi connectivity index (χ0n) is 15.6. The molecule has 1 aromatic rings. The molecule has 0 spiro atoms. The van der Waals surface area contributed by atoms with Crippen molar-refractivity contribution in [3.63, 3.8) is 0 Å². The maximum Gasteiger partial charge on any atom is 0.410 e. The van der Waals surface area contributed by atoms with Crippen molar-refractivity contribution in [1.82, 2.24) is 9.80 Å². The average Bonchev–Trinajstić information content (AvgIpc) is 2.48. The molecule has 0 unspecified atom stereocenters. The number of ether oxygens (including phenoxy) is 1. The van der Waals surface area contributed by atoms with Gasteiger partial charge in [-0.15, -0.1) is 0 Å². The number of amides is 1. The van der Waals surface area contributed by atoms with Crippen LogP contribution in [0, 0.1) is 0 Å². The number of piperidine rings is 1. The highest BCUT2D eigenvalue weighted by Crippen LogP contribution is 2.19. The second kappa shape index (κ2) is 7.88. The van der Waals surface area contributed by atoms with Crippen LogP contribution in [0.2, 0.25) is 0 Å². The van der Waals surface area contributed by atoms with E-state index in [1.807, 2.05) is 25.7 Å². The predicted octanol–water partition coefficient (Wildman–Crippen LogP) is 3.56. The summed E-state index contributed by atoms with van der Waals surface area (Å²) in [5, 5.41) is 3.58. The zero-order chi connectivity index (χ0) is 17.7. The first-order chi connectivity index (χ1) is 11.2. The minimum absolute atomic E-state index is 0.200. The van der Waals surface area contributed by atoms with Gasteiger partial charge in [-0.2, -0.15) is 0 Å². The van der Waals surface area contributed by atoms with E-state index in [0.29, 0.717) is 6.04 Å². The quantitative estimate of drug-likeness (QED) is 0.915. The number of carbonyl (C=O) groups excluding carboxylic acids is 1. The Bertz CT molecular complexity index is 527. The lowest BCUT2D eigenvalue weighted by molar-refractivity contribution is 0.0210. The number of rotatable bonds is 4. The number of anilines is 1. The van der Waals surface area contributed by atoms with Crippen LogP contribution in [0.4, 0.5) is 10.5 Å². The van der Waals surface area contributed by atoms with E-state index < -0.39 is 5.60 Å². The Morgan fingerprint density at radius 2 is 1.79 bits per heavy atom. The van der Waals surface area contributed by atoms with Crippen molar-refractivity contribution in [2.45, 2.75) is 51.8 Å². The number of nitrogens with zero attached hydrogens (tertiary/aromatic N) is 2. The summed E-state index contributed by atoms with van der Waals surface area (Å²) in [5.41, 5.74) is 2.03. The third-order valence-electron chi connectivity index (χ3n) is 3.97. The SMILES string of the molecule is CN(C)Cc1ccc(NC2CCN(C(=O)OC(C)(C)C)CC2)cc1. The predicted molar refractivity (Wildman–Crippen MR) is 98.3 cm³/mol. The molecule has 0 atom stereocenters. The molecule has 1 heterocycles. The van der Waals surface area contributed by atoms with Gasteiger partial charge in [0.15, 0.2) is 0 Å². The van der Waals surface area contributed by atoms with Crippen LogP contribution < -0.4 is 5.32 Å². The molecule has 5 nitrogen and oxygen atoms in total. The Labute approximate surface area is 146 Å². The molecule has 1 amide bonds. The third kappa shape index (κ3) is 6.04. The molecule has 0 radical (unpaired) electrons. The van der Waals surface area contributed by atoms with Crippen LogP contribution >= 0.6 is 0 Å². The maximum absolute atomic E-state index is 12.1. The molecule has 1 saturated heterocycles. The summed E-state index contributed by atoms with van der Waals surface area (Å²) in [6, 6.07) is 9.01. The minimum atomic E-state index is -0.430. The first-order valence-corrected chi connectivity index (χ1v) is 8.71. The van der Waals surface area contributed by atoms with Crippen molar-refractivity contribution in [2.75, 3.05) is 32.5 Å². The van der Waals surface area contributed by atoms with E-state index in [9.17, 15) is 4.79 Å². The van der Waals surface area contributed by atoms with Gasteiger partial charge >= 0.3 is 6.09 Å². The Hall–Kier alpha value is -1.75. The molecule has 2 rings (SSSR count). The van der Waals surface area contributed by atoms with Crippen LogP contribution in [0.5, 0.6) is 0 Å². The van der Waals surface area contributed by atoms with Crippen LogP contribution in [-0.2, 0) is 11.3 Å². The number of carbonyl (C=O) groups is 1. The summed E-state index contributed by atoms with van der Waals surface area (Å²) >= 11 is 0. The lowest BCUT2D eigenvalue weighted by Crippen LogP contribution is -2.44. The van der Waals surface area contributed by atoms with Crippen LogP contribution in [0.3, 0.4) is 0 Å². The molecular formula is C19H31N3O2. The van der Waals surface area contributed by atoms with Gasteiger partial charge in [0, 0.05) is 31.4 Å². The minimum Gasteiger partial charge on any atom is -0.444 e. The summed E-state index contributed by atoms with van der Waals surface area (Å²) in [4.78, 5) is 16.1. The molecule has 24 heavy (non-hydrogen) atoms. The van der Waals surface area contributed by atoms with Gasteiger partial charge in [0.25, 0.3) is 0 Å².